The van der Waals surface area contributed by atoms with Crippen molar-refractivity contribution in [2.75, 3.05) is 39.3 Å². The van der Waals surface area contributed by atoms with E-state index in [-0.39, 0.29) is 23.3 Å². The molecule has 2 saturated heterocycles. The van der Waals surface area contributed by atoms with E-state index < -0.39 is 0 Å². The van der Waals surface area contributed by atoms with Gasteiger partial charge in [-0.05, 0) is 55.2 Å². The maximum absolute atomic E-state index is 12.9. The summed E-state index contributed by atoms with van der Waals surface area (Å²) in [7, 11) is 0. The molecule has 2 atom stereocenters. The smallest absolute Gasteiger partial charge is 0.236 e. The zero-order valence-electron chi connectivity index (χ0n) is 16.2. The summed E-state index contributed by atoms with van der Waals surface area (Å²) < 4.78 is 0. The molecule has 0 bridgehead atoms. The van der Waals surface area contributed by atoms with Gasteiger partial charge in [-0.2, -0.15) is 0 Å². The number of amides is 1. The fraction of sp³-hybridized carbons (Fsp3) is 0.682. The lowest BCUT2D eigenvalue weighted by atomic mass is 9.48. The monoisotopic (exact) mass is 356 g/mol. The second kappa shape index (κ2) is 6.65. The summed E-state index contributed by atoms with van der Waals surface area (Å²) in [5.41, 5.74) is 1.66. The summed E-state index contributed by atoms with van der Waals surface area (Å²) in [4.78, 5) is 17.2. The molecule has 1 aliphatic carbocycles. The Bertz CT molecular complexity index is 651. The van der Waals surface area contributed by atoms with Gasteiger partial charge in [0.2, 0.25) is 5.91 Å². The topological polar surface area (TPSA) is 43.8 Å². The Balaban J connectivity index is 1.30. The predicted molar refractivity (Wildman–Crippen MR) is 103 cm³/mol. The van der Waals surface area contributed by atoms with Gasteiger partial charge in [-0.3, -0.25) is 9.69 Å². The van der Waals surface area contributed by atoms with Gasteiger partial charge in [-0.25, -0.2) is 0 Å². The fourth-order valence-electron chi connectivity index (χ4n) is 5.97. The number of likely N-dealkylation sites (tertiary alicyclic amines) is 2. The molecule has 0 aromatic heterocycles. The molecule has 142 valence electrons. The minimum atomic E-state index is -0.0283. The fourth-order valence-corrected chi connectivity index (χ4v) is 5.97. The van der Waals surface area contributed by atoms with Crippen molar-refractivity contribution >= 4 is 5.91 Å². The molecule has 1 amide bonds. The molecule has 2 aliphatic heterocycles. The predicted octanol–water partition coefficient (Wildman–Crippen LogP) is 2.73. The molecular weight excluding hydrogens is 324 g/mol. The first-order valence-electron chi connectivity index (χ1n) is 10.1. The van der Waals surface area contributed by atoms with Crippen molar-refractivity contribution in [2.24, 2.45) is 16.7 Å². The van der Waals surface area contributed by atoms with E-state index in [9.17, 15) is 9.90 Å². The molecule has 4 rings (SSSR count). The lowest BCUT2D eigenvalue weighted by Gasteiger charge is -2.55. The Kier molecular flexibility index (Phi) is 4.60. The van der Waals surface area contributed by atoms with Crippen molar-refractivity contribution in [3.05, 3.63) is 35.9 Å². The summed E-state index contributed by atoms with van der Waals surface area (Å²) in [6.07, 6.45) is 3.30. The van der Waals surface area contributed by atoms with Gasteiger partial charge >= 0.3 is 0 Å². The second-order valence-electron chi connectivity index (χ2n) is 9.47. The Morgan fingerprint density at radius 2 is 1.88 bits per heavy atom. The number of hydrogen-bond acceptors (Lipinski definition) is 3. The zero-order chi connectivity index (χ0) is 18.4. The first-order chi connectivity index (χ1) is 12.4. The highest BCUT2D eigenvalue weighted by atomic mass is 16.3. The maximum atomic E-state index is 12.9. The Hall–Kier alpha value is -1.39. The van der Waals surface area contributed by atoms with Crippen LogP contribution in [0.2, 0.25) is 0 Å². The number of carbonyl (C=O) groups is 1. The molecule has 1 N–H and O–H groups in total. The molecule has 0 unspecified atom stereocenters. The van der Waals surface area contributed by atoms with Gasteiger partial charge < -0.3 is 10.0 Å². The first-order valence-corrected chi connectivity index (χ1v) is 10.1. The van der Waals surface area contributed by atoms with Crippen molar-refractivity contribution < 1.29 is 9.90 Å². The SMILES string of the molecule is CC1(C)C[C@]2(CO)CN(C(=O)CN3CCC(c4ccccc4)CC3)C[C@H]12. The van der Waals surface area contributed by atoms with Crippen LogP contribution < -0.4 is 0 Å². The van der Waals surface area contributed by atoms with Gasteiger partial charge in [-0.15, -0.1) is 0 Å². The molecule has 2 heterocycles. The Morgan fingerprint density at radius 3 is 2.46 bits per heavy atom. The average molecular weight is 357 g/mol. The second-order valence-corrected chi connectivity index (χ2v) is 9.47. The number of benzene rings is 1. The molecule has 0 radical (unpaired) electrons. The van der Waals surface area contributed by atoms with Crippen LogP contribution in [0, 0.1) is 16.7 Å². The third-order valence-electron chi connectivity index (χ3n) is 7.28. The summed E-state index contributed by atoms with van der Waals surface area (Å²) in [5.74, 6) is 1.33. The number of fused-ring (bicyclic) bond motifs is 1. The molecule has 1 aromatic rings. The highest BCUT2D eigenvalue weighted by molar-refractivity contribution is 5.79. The lowest BCUT2D eigenvalue weighted by molar-refractivity contribution is -0.132. The Labute approximate surface area is 157 Å². The number of rotatable bonds is 4. The minimum Gasteiger partial charge on any atom is -0.396 e. The summed E-state index contributed by atoms with van der Waals surface area (Å²) in [5, 5.41) is 9.89. The van der Waals surface area contributed by atoms with Gasteiger partial charge in [0.05, 0.1) is 13.2 Å². The van der Waals surface area contributed by atoms with Crippen LogP contribution >= 0.6 is 0 Å². The number of nitrogens with zero attached hydrogens (tertiary/aromatic N) is 2. The van der Waals surface area contributed by atoms with Gasteiger partial charge in [0.15, 0.2) is 0 Å². The molecule has 4 heteroatoms. The van der Waals surface area contributed by atoms with E-state index in [1.807, 2.05) is 4.90 Å². The van der Waals surface area contributed by atoms with E-state index in [0.717, 1.165) is 45.4 Å². The first kappa shape index (κ1) is 18.0. The van der Waals surface area contributed by atoms with Gasteiger partial charge in [-0.1, -0.05) is 44.2 Å². The van der Waals surface area contributed by atoms with Crippen LogP contribution in [0.4, 0.5) is 0 Å². The van der Waals surface area contributed by atoms with Crippen LogP contribution in [-0.4, -0.2) is 60.1 Å². The van der Waals surface area contributed by atoms with Crippen molar-refractivity contribution in [1.29, 1.82) is 0 Å². The van der Waals surface area contributed by atoms with Crippen molar-refractivity contribution in [1.82, 2.24) is 9.80 Å². The molecule has 1 aromatic carbocycles. The third-order valence-corrected chi connectivity index (χ3v) is 7.28. The zero-order valence-corrected chi connectivity index (χ0v) is 16.2. The minimum absolute atomic E-state index is 0.0283. The number of hydrogen-bond donors (Lipinski definition) is 1. The molecular formula is C22H32N2O2. The normalized spacial score (nSPS) is 31.5. The number of piperidine rings is 1. The summed E-state index contributed by atoms with van der Waals surface area (Å²) >= 11 is 0. The highest BCUT2D eigenvalue weighted by Gasteiger charge is 2.63. The molecule has 3 fully saturated rings. The van der Waals surface area contributed by atoms with E-state index in [0.29, 0.717) is 18.4 Å². The van der Waals surface area contributed by atoms with Gasteiger partial charge in [0, 0.05) is 18.5 Å². The molecule has 0 spiro atoms. The van der Waals surface area contributed by atoms with Crippen LogP contribution in [0.5, 0.6) is 0 Å². The molecule has 3 aliphatic rings. The molecule has 26 heavy (non-hydrogen) atoms. The van der Waals surface area contributed by atoms with Crippen LogP contribution in [0.1, 0.15) is 44.6 Å². The van der Waals surface area contributed by atoms with Crippen molar-refractivity contribution in [2.45, 2.75) is 39.0 Å². The third kappa shape index (κ3) is 3.07. The largest absolute Gasteiger partial charge is 0.396 e. The standard InChI is InChI=1S/C22H32N2O2/c1-21(2)14-22(16-25)15-24(12-19(21)22)20(26)13-23-10-8-18(9-11-23)17-6-4-3-5-7-17/h3-7,18-19,25H,8-16H2,1-2H3/t19-,22-/m1/s1. The van der Waals surface area contributed by atoms with Gasteiger partial charge in [0.1, 0.15) is 0 Å². The maximum Gasteiger partial charge on any atom is 0.236 e. The van der Waals surface area contributed by atoms with E-state index in [2.05, 4.69) is 49.1 Å². The van der Waals surface area contributed by atoms with Crippen LogP contribution in [0.3, 0.4) is 0 Å². The lowest BCUT2D eigenvalue weighted by Crippen LogP contribution is -2.54. The molecule has 1 saturated carbocycles. The van der Waals surface area contributed by atoms with Crippen LogP contribution in [0.15, 0.2) is 30.3 Å². The number of aliphatic hydroxyl groups excluding tert-OH is 1. The van der Waals surface area contributed by atoms with Crippen LogP contribution in [0.25, 0.3) is 0 Å². The number of carbonyl (C=O) groups excluding carboxylic acids is 1. The quantitative estimate of drug-likeness (QED) is 0.902. The van der Waals surface area contributed by atoms with E-state index in [4.69, 9.17) is 0 Å². The number of aliphatic hydroxyl groups is 1. The average Bonchev–Trinajstić information content (AvgIpc) is 2.98. The van der Waals surface area contributed by atoms with E-state index in [1.54, 1.807) is 0 Å². The Morgan fingerprint density at radius 1 is 1.19 bits per heavy atom. The van der Waals surface area contributed by atoms with Crippen LogP contribution in [-0.2, 0) is 4.79 Å². The van der Waals surface area contributed by atoms with E-state index >= 15 is 0 Å². The summed E-state index contributed by atoms with van der Waals surface area (Å²) in [6, 6.07) is 10.8. The molecule has 4 nitrogen and oxygen atoms in total. The van der Waals surface area contributed by atoms with Crippen molar-refractivity contribution in [3.8, 4) is 0 Å². The van der Waals surface area contributed by atoms with E-state index in [1.165, 1.54) is 5.56 Å². The van der Waals surface area contributed by atoms with Crippen molar-refractivity contribution in [3.63, 3.8) is 0 Å². The highest BCUT2D eigenvalue weighted by Crippen LogP contribution is 2.62. The summed E-state index contributed by atoms with van der Waals surface area (Å²) in [6.45, 7) is 8.87. The van der Waals surface area contributed by atoms with Gasteiger partial charge in [0.25, 0.3) is 0 Å².